The molecule has 0 spiro atoms. The molecule has 0 aromatic heterocycles. The molecule has 0 amide bonds. The number of halogens is 1. The molecule has 0 aliphatic heterocycles. The SMILES string of the molecule is COC1(c2ccc(Cl)cc2)CCC1. The molecular formula is C11H13ClO. The molecule has 1 nitrogen and oxygen atoms in total. The van der Waals surface area contributed by atoms with Gasteiger partial charge < -0.3 is 4.74 Å². The maximum absolute atomic E-state index is 5.83. The maximum atomic E-state index is 5.83. The molecule has 0 bridgehead atoms. The third kappa shape index (κ3) is 1.47. The van der Waals surface area contributed by atoms with Gasteiger partial charge in [-0.2, -0.15) is 0 Å². The zero-order valence-electron chi connectivity index (χ0n) is 7.72. The highest BCUT2D eigenvalue weighted by Crippen LogP contribution is 2.44. The standard InChI is InChI=1S/C11H13ClO/c1-13-11(7-2-8-11)9-3-5-10(12)6-4-9/h3-6H,2,7-8H2,1H3. The van der Waals surface area contributed by atoms with E-state index in [1.165, 1.54) is 12.0 Å². The van der Waals surface area contributed by atoms with Gasteiger partial charge in [0.2, 0.25) is 0 Å². The van der Waals surface area contributed by atoms with Gasteiger partial charge in [0.1, 0.15) is 0 Å². The van der Waals surface area contributed by atoms with E-state index in [2.05, 4.69) is 12.1 Å². The number of ether oxygens (including phenoxy) is 1. The van der Waals surface area contributed by atoms with Crippen molar-refractivity contribution >= 4 is 11.6 Å². The molecule has 0 unspecified atom stereocenters. The fraction of sp³-hybridized carbons (Fsp3) is 0.455. The highest BCUT2D eigenvalue weighted by molar-refractivity contribution is 6.30. The second-order valence-corrected chi connectivity index (χ2v) is 4.00. The minimum Gasteiger partial charge on any atom is -0.374 e. The van der Waals surface area contributed by atoms with Crippen molar-refractivity contribution in [2.75, 3.05) is 7.11 Å². The average Bonchev–Trinajstić information content (AvgIpc) is 2.07. The summed E-state index contributed by atoms with van der Waals surface area (Å²) in [6.07, 6.45) is 3.52. The maximum Gasteiger partial charge on any atom is 0.0927 e. The summed E-state index contributed by atoms with van der Waals surface area (Å²) in [6.45, 7) is 0. The first-order chi connectivity index (χ1) is 6.27. The summed E-state index contributed by atoms with van der Waals surface area (Å²) >= 11 is 5.83. The Morgan fingerprint density at radius 1 is 1.23 bits per heavy atom. The largest absolute Gasteiger partial charge is 0.374 e. The molecule has 0 saturated heterocycles. The summed E-state index contributed by atoms with van der Waals surface area (Å²) < 4.78 is 5.56. The third-order valence-electron chi connectivity index (χ3n) is 2.92. The number of benzene rings is 1. The Labute approximate surface area is 83.7 Å². The molecule has 2 rings (SSSR count). The van der Waals surface area contributed by atoms with Crippen LogP contribution >= 0.6 is 11.6 Å². The average molecular weight is 197 g/mol. The monoisotopic (exact) mass is 196 g/mol. The van der Waals surface area contributed by atoms with Crippen LogP contribution < -0.4 is 0 Å². The lowest BCUT2D eigenvalue weighted by atomic mass is 9.75. The minimum atomic E-state index is -0.00934. The highest BCUT2D eigenvalue weighted by atomic mass is 35.5. The van der Waals surface area contributed by atoms with E-state index in [1.807, 2.05) is 12.1 Å². The first-order valence-corrected chi connectivity index (χ1v) is 4.96. The summed E-state index contributed by atoms with van der Waals surface area (Å²) in [7, 11) is 1.79. The van der Waals surface area contributed by atoms with E-state index in [0.717, 1.165) is 17.9 Å². The molecule has 1 aliphatic rings. The Bertz CT molecular complexity index is 282. The van der Waals surface area contributed by atoms with Crippen molar-refractivity contribution in [2.24, 2.45) is 0 Å². The number of hydrogen-bond donors (Lipinski definition) is 0. The highest BCUT2D eigenvalue weighted by Gasteiger charge is 2.38. The van der Waals surface area contributed by atoms with Crippen molar-refractivity contribution in [1.29, 1.82) is 0 Å². The summed E-state index contributed by atoms with van der Waals surface area (Å²) in [6, 6.07) is 7.97. The minimum absolute atomic E-state index is 0.00934. The van der Waals surface area contributed by atoms with E-state index in [0.29, 0.717) is 0 Å². The summed E-state index contributed by atoms with van der Waals surface area (Å²) in [5.74, 6) is 0. The predicted octanol–water partition coefficient (Wildman–Crippen LogP) is 3.37. The number of hydrogen-bond acceptors (Lipinski definition) is 1. The van der Waals surface area contributed by atoms with Crippen LogP contribution in [0.3, 0.4) is 0 Å². The quantitative estimate of drug-likeness (QED) is 0.705. The lowest BCUT2D eigenvalue weighted by molar-refractivity contribution is -0.0778. The molecule has 0 heterocycles. The van der Waals surface area contributed by atoms with E-state index in [1.54, 1.807) is 7.11 Å². The summed E-state index contributed by atoms with van der Waals surface area (Å²) in [4.78, 5) is 0. The van der Waals surface area contributed by atoms with E-state index in [-0.39, 0.29) is 5.60 Å². The molecule has 1 aromatic carbocycles. The second-order valence-electron chi connectivity index (χ2n) is 3.56. The van der Waals surface area contributed by atoms with Gasteiger partial charge in [0.15, 0.2) is 0 Å². The summed E-state index contributed by atoms with van der Waals surface area (Å²) in [5.41, 5.74) is 1.25. The van der Waals surface area contributed by atoms with Gasteiger partial charge in [0.05, 0.1) is 5.60 Å². The third-order valence-corrected chi connectivity index (χ3v) is 3.17. The predicted molar refractivity (Wildman–Crippen MR) is 54.0 cm³/mol. The molecule has 0 atom stereocenters. The first kappa shape index (κ1) is 9.04. The fourth-order valence-corrected chi connectivity index (χ4v) is 1.99. The van der Waals surface area contributed by atoms with Crippen LogP contribution in [0.4, 0.5) is 0 Å². The van der Waals surface area contributed by atoms with Crippen LogP contribution in [0, 0.1) is 0 Å². The van der Waals surface area contributed by atoms with Crippen molar-refractivity contribution in [1.82, 2.24) is 0 Å². The van der Waals surface area contributed by atoms with Crippen molar-refractivity contribution in [3.05, 3.63) is 34.9 Å². The van der Waals surface area contributed by atoms with Crippen molar-refractivity contribution in [3.8, 4) is 0 Å². The van der Waals surface area contributed by atoms with Crippen LogP contribution in [-0.4, -0.2) is 7.11 Å². The molecule has 70 valence electrons. The van der Waals surface area contributed by atoms with Crippen LogP contribution in [0.5, 0.6) is 0 Å². The molecule has 2 heteroatoms. The molecule has 1 aliphatic carbocycles. The van der Waals surface area contributed by atoms with Crippen LogP contribution in [0.2, 0.25) is 5.02 Å². The Morgan fingerprint density at radius 3 is 2.23 bits per heavy atom. The number of methoxy groups -OCH3 is 1. The zero-order chi connectivity index (χ0) is 9.31. The van der Waals surface area contributed by atoms with Crippen LogP contribution in [0.25, 0.3) is 0 Å². The van der Waals surface area contributed by atoms with Crippen molar-refractivity contribution in [3.63, 3.8) is 0 Å². The van der Waals surface area contributed by atoms with Crippen molar-refractivity contribution < 1.29 is 4.74 Å². The molecule has 1 fully saturated rings. The van der Waals surface area contributed by atoms with Crippen LogP contribution in [0.1, 0.15) is 24.8 Å². The van der Waals surface area contributed by atoms with E-state index in [9.17, 15) is 0 Å². The van der Waals surface area contributed by atoms with E-state index < -0.39 is 0 Å². The number of rotatable bonds is 2. The molecular weight excluding hydrogens is 184 g/mol. The van der Waals surface area contributed by atoms with Gasteiger partial charge in [-0.3, -0.25) is 0 Å². The summed E-state index contributed by atoms with van der Waals surface area (Å²) in [5, 5.41) is 0.786. The van der Waals surface area contributed by atoms with Gasteiger partial charge in [0, 0.05) is 12.1 Å². The van der Waals surface area contributed by atoms with Gasteiger partial charge in [-0.1, -0.05) is 23.7 Å². The Balaban J connectivity index is 2.28. The molecule has 13 heavy (non-hydrogen) atoms. The van der Waals surface area contributed by atoms with Gasteiger partial charge in [-0.25, -0.2) is 0 Å². The van der Waals surface area contributed by atoms with E-state index in [4.69, 9.17) is 16.3 Å². The molecule has 0 N–H and O–H groups in total. The van der Waals surface area contributed by atoms with Gasteiger partial charge in [-0.15, -0.1) is 0 Å². The fourth-order valence-electron chi connectivity index (χ4n) is 1.86. The lowest BCUT2D eigenvalue weighted by Crippen LogP contribution is -2.35. The first-order valence-electron chi connectivity index (χ1n) is 4.58. The normalized spacial score (nSPS) is 19.5. The Kier molecular flexibility index (Phi) is 2.31. The second kappa shape index (κ2) is 3.32. The van der Waals surface area contributed by atoms with Gasteiger partial charge in [0.25, 0.3) is 0 Å². The van der Waals surface area contributed by atoms with Crippen LogP contribution in [0.15, 0.2) is 24.3 Å². The van der Waals surface area contributed by atoms with Crippen LogP contribution in [-0.2, 0) is 10.3 Å². The van der Waals surface area contributed by atoms with Crippen molar-refractivity contribution in [2.45, 2.75) is 24.9 Å². The molecule has 1 saturated carbocycles. The Hall–Kier alpha value is -0.530. The van der Waals surface area contributed by atoms with Gasteiger partial charge in [-0.05, 0) is 37.0 Å². The molecule has 0 radical (unpaired) electrons. The topological polar surface area (TPSA) is 9.23 Å². The van der Waals surface area contributed by atoms with Gasteiger partial charge >= 0.3 is 0 Å². The van der Waals surface area contributed by atoms with E-state index >= 15 is 0 Å². The Morgan fingerprint density at radius 2 is 1.85 bits per heavy atom. The lowest BCUT2D eigenvalue weighted by Gasteiger charge is -2.41. The smallest absolute Gasteiger partial charge is 0.0927 e. The molecule has 1 aromatic rings. The zero-order valence-corrected chi connectivity index (χ0v) is 8.47.